The van der Waals surface area contributed by atoms with Crippen LogP contribution in [0.2, 0.25) is 0 Å². The molecule has 0 aromatic heterocycles. The van der Waals surface area contributed by atoms with Crippen LogP contribution in [0.1, 0.15) is 20.3 Å². The number of carbonyl (C=O) groups is 1. The largest absolute Gasteiger partial charge is 0.395 e. The molecule has 1 aliphatic rings. The molecular formula is C12H25N3O2. The van der Waals surface area contributed by atoms with Crippen LogP contribution in [-0.4, -0.2) is 66.2 Å². The van der Waals surface area contributed by atoms with E-state index in [2.05, 4.69) is 11.8 Å². The van der Waals surface area contributed by atoms with Gasteiger partial charge in [-0.05, 0) is 5.92 Å². The molecule has 2 atom stereocenters. The molecule has 1 saturated heterocycles. The molecule has 1 rings (SSSR count). The summed E-state index contributed by atoms with van der Waals surface area (Å²) in [6.45, 7) is 8.06. The third-order valence-corrected chi connectivity index (χ3v) is 3.64. The lowest BCUT2D eigenvalue weighted by atomic mass is 9.98. The van der Waals surface area contributed by atoms with Crippen molar-refractivity contribution in [2.24, 2.45) is 11.7 Å². The Bertz CT molecular complexity index is 240. The summed E-state index contributed by atoms with van der Waals surface area (Å²) in [7, 11) is 0. The predicted molar refractivity (Wildman–Crippen MR) is 67.5 cm³/mol. The average Bonchev–Trinajstić information content (AvgIpc) is 2.37. The number of hydrogen-bond donors (Lipinski definition) is 2. The first-order valence-electron chi connectivity index (χ1n) is 6.47. The maximum atomic E-state index is 12.1. The fourth-order valence-corrected chi connectivity index (χ4v) is 2.04. The predicted octanol–water partition coefficient (Wildman–Crippen LogP) is -0.504. The van der Waals surface area contributed by atoms with Crippen LogP contribution < -0.4 is 5.73 Å². The second kappa shape index (κ2) is 6.93. The summed E-state index contributed by atoms with van der Waals surface area (Å²) in [6.07, 6.45) is 0.928. The molecule has 5 heteroatoms. The van der Waals surface area contributed by atoms with E-state index in [1.54, 1.807) is 0 Å². The van der Waals surface area contributed by atoms with Crippen LogP contribution in [-0.2, 0) is 4.79 Å². The second-order valence-corrected chi connectivity index (χ2v) is 4.80. The van der Waals surface area contributed by atoms with E-state index in [0.717, 1.165) is 32.6 Å². The highest BCUT2D eigenvalue weighted by atomic mass is 16.3. The first kappa shape index (κ1) is 14.4. The lowest BCUT2D eigenvalue weighted by molar-refractivity contribution is -0.135. The zero-order chi connectivity index (χ0) is 12.8. The van der Waals surface area contributed by atoms with E-state index in [4.69, 9.17) is 10.8 Å². The molecule has 5 nitrogen and oxygen atoms in total. The van der Waals surface area contributed by atoms with E-state index < -0.39 is 0 Å². The number of carbonyl (C=O) groups excluding carboxylic acids is 1. The average molecular weight is 243 g/mol. The SMILES string of the molecule is CCC(C)C(N)C(=O)N1CCN(CCO)CC1. The highest BCUT2D eigenvalue weighted by Crippen LogP contribution is 2.10. The quantitative estimate of drug-likeness (QED) is 0.683. The summed E-state index contributed by atoms with van der Waals surface area (Å²) in [6, 6.07) is -0.371. The van der Waals surface area contributed by atoms with E-state index >= 15 is 0 Å². The fraction of sp³-hybridized carbons (Fsp3) is 0.917. The Hall–Kier alpha value is -0.650. The molecule has 3 N–H and O–H groups in total. The maximum absolute atomic E-state index is 12.1. The van der Waals surface area contributed by atoms with E-state index in [1.165, 1.54) is 0 Å². The van der Waals surface area contributed by atoms with Crippen LogP contribution in [0.3, 0.4) is 0 Å². The topological polar surface area (TPSA) is 69.8 Å². The van der Waals surface area contributed by atoms with Gasteiger partial charge < -0.3 is 15.7 Å². The first-order chi connectivity index (χ1) is 8.10. The van der Waals surface area contributed by atoms with Gasteiger partial charge in [-0.3, -0.25) is 9.69 Å². The van der Waals surface area contributed by atoms with Gasteiger partial charge in [0.25, 0.3) is 0 Å². The van der Waals surface area contributed by atoms with Gasteiger partial charge in [-0.2, -0.15) is 0 Å². The van der Waals surface area contributed by atoms with Gasteiger partial charge in [-0.1, -0.05) is 20.3 Å². The highest BCUT2D eigenvalue weighted by molar-refractivity contribution is 5.82. The number of amides is 1. The number of nitrogens with zero attached hydrogens (tertiary/aromatic N) is 2. The normalized spacial score (nSPS) is 21.3. The molecule has 0 aromatic rings. The Labute approximate surface area is 104 Å². The van der Waals surface area contributed by atoms with Crippen LogP contribution in [0, 0.1) is 5.92 Å². The summed E-state index contributed by atoms with van der Waals surface area (Å²) < 4.78 is 0. The monoisotopic (exact) mass is 243 g/mol. The number of hydrogen-bond acceptors (Lipinski definition) is 4. The van der Waals surface area contributed by atoms with Crippen molar-refractivity contribution >= 4 is 5.91 Å². The van der Waals surface area contributed by atoms with Gasteiger partial charge in [0.05, 0.1) is 12.6 Å². The molecule has 0 bridgehead atoms. The molecule has 1 fully saturated rings. The van der Waals surface area contributed by atoms with E-state index in [-0.39, 0.29) is 24.5 Å². The van der Waals surface area contributed by atoms with Crippen LogP contribution >= 0.6 is 0 Å². The maximum Gasteiger partial charge on any atom is 0.239 e. The van der Waals surface area contributed by atoms with Crippen molar-refractivity contribution in [1.82, 2.24) is 9.80 Å². The van der Waals surface area contributed by atoms with Crippen molar-refractivity contribution in [1.29, 1.82) is 0 Å². The fourth-order valence-electron chi connectivity index (χ4n) is 2.04. The van der Waals surface area contributed by atoms with Crippen molar-refractivity contribution in [3.05, 3.63) is 0 Å². The Balaban J connectivity index is 2.40. The molecule has 0 saturated carbocycles. The Morgan fingerprint density at radius 1 is 1.35 bits per heavy atom. The lowest BCUT2D eigenvalue weighted by Gasteiger charge is -2.36. The highest BCUT2D eigenvalue weighted by Gasteiger charge is 2.27. The van der Waals surface area contributed by atoms with Gasteiger partial charge in [0, 0.05) is 32.7 Å². The first-order valence-corrected chi connectivity index (χ1v) is 6.47. The van der Waals surface area contributed by atoms with Crippen molar-refractivity contribution in [3.63, 3.8) is 0 Å². The minimum atomic E-state index is -0.371. The van der Waals surface area contributed by atoms with Crippen molar-refractivity contribution in [2.45, 2.75) is 26.3 Å². The molecule has 0 radical (unpaired) electrons. The van der Waals surface area contributed by atoms with Crippen molar-refractivity contribution in [2.75, 3.05) is 39.3 Å². The molecule has 1 aliphatic heterocycles. The number of piperazine rings is 1. The smallest absolute Gasteiger partial charge is 0.239 e. The lowest BCUT2D eigenvalue weighted by Crippen LogP contribution is -2.54. The standard InChI is InChI=1S/C12H25N3O2/c1-3-10(2)11(13)12(17)15-6-4-14(5-7-15)8-9-16/h10-11,16H,3-9,13H2,1-2H3. The molecule has 0 spiro atoms. The Morgan fingerprint density at radius 2 is 1.94 bits per heavy atom. The van der Waals surface area contributed by atoms with Gasteiger partial charge in [-0.15, -0.1) is 0 Å². The van der Waals surface area contributed by atoms with Crippen molar-refractivity contribution < 1.29 is 9.90 Å². The van der Waals surface area contributed by atoms with E-state index in [0.29, 0.717) is 6.54 Å². The van der Waals surface area contributed by atoms with Gasteiger partial charge in [0.2, 0.25) is 5.91 Å². The zero-order valence-electron chi connectivity index (χ0n) is 10.9. The molecule has 0 aliphatic carbocycles. The van der Waals surface area contributed by atoms with Crippen LogP contribution in [0.15, 0.2) is 0 Å². The molecule has 100 valence electrons. The number of nitrogens with two attached hydrogens (primary N) is 1. The van der Waals surface area contributed by atoms with Crippen LogP contribution in [0.5, 0.6) is 0 Å². The van der Waals surface area contributed by atoms with Gasteiger partial charge in [-0.25, -0.2) is 0 Å². The van der Waals surface area contributed by atoms with Crippen molar-refractivity contribution in [3.8, 4) is 0 Å². The molecular weight excluding hydrogens is 218 g/mol. The third-order valence-electron chi connectivity index (χ3n) is 3.64. The van der Waals surface area contributed by atoms with Gasteiger partial charge in [0.1, 0.15) is 0 Å². The molecule has 0 aromatic carbocycles. The Morgan fingerprint density at radius 3 is 2.41 bits per heavy atom. The number of aliphatic hydroxyl groups is 1. The molecule has 17 heavy (non-hydrogen) atoms. The second-order valence-electron chi connectivity index (χ2n) is 4.80. The van der Waals surface area contributed by atoms with Crippen LogP contribution in [0.25, 0.3) is 0 Å². The van der Waals surface area contributed by atoms with Crippen LogP contribution in [0.4, 0.5) is 0 Å². The van der Waals surface area contributed by atoms with E-state index in [9.17, 15) is 4.79 Å². The summed E-state index contributed by atoms with van der Waals surface area (Å²) >= 11 is 0. The van der Waals surface area contributed by atoms with Gasteiger partial charge in [0.15, 0.2) is 0 Å². The summed E-state index contributed by atoms with van der Waals surface area (Å²) in [5, 5.41) is 8.84. The minimum absolute atomic E-state index is 0.0722. The summed E-state index contributed by atoms with van der Waals surface area (Å²) in [4.78, 5) is 16.1. The van der Waals surface area contributed by atoms with E-state index in [1.807, 2.05) is 11.8 Å². The third kappa shape index (κ3) is 3.94. The summed E-state index contributed by atoms with van der Waals surface area (Å²) in [5.74, 6) is 0.306. The molecule has 1 amide bonds. The zero-order valence-corrected chi connectivity index (χ0v) is 10.9. The number of aliphatic hydroxyl groups excluding tert-OH is 1. The van der Waals surface area contributed by atoms with Gasteiger partial charge >= 0.3 is 0 Å². The molecule has 1 heterocycles. The summed E-state index contributed by atoms with van der Waals surface area (Å²) in [5.41, 5.74) is 5.95. The Kier molecular flexibility index (Phi) is 5.88. The molecule has 2 unspecified atom stereocenters. The number of rotatable bonds is 5. The number of β-amino-alcohol motifs (C(OH)–C–C–N with tert-alkyl or cyclic N) is 1. The minimum Gasteiger partial charge on any atom is -0.395 e.